The molecule has 0 spiro atoms. The van der Waals surface area contributed by atoms with E-state index in [0.29, 0.717) is 0 Å². The fraction of sp³-hybridized carbons (Fsp3) is 0.381. The van der Waals surface area contributed by atoms with Crippen LogP contribution in [0.1, 0.15) is 26.5 Å². The van der Waals surface area contributed by atoms with Gasteiger partial charge in [-0.2, -0.15) is 0 Å². The summed E-state index contributed by atoms with van der Waals surface area (Å²) < 4.78 is 15.1. The predicted molar refractivity (Wildman–Crippen MR) is 130 cm³/mol. The minimum Gasteiger partial charge on any atom is -0.458 e. The quantitative estimate of drug-likeness (QED) is 0.0711. The number of β-lactam (4-membered cyclic amide) rings is 1. The minimum absolute atomic E-state index is 0.0210. The molecule has 1 saturated heterocycles. The smallest absolute Gasteiger partial charge is 0.358 e. The van der Waals surface area contributed by atoms with Gasteiger partial charge in [-0.05, 0) is 6.92 Å². The van der Waals surface area contributed by atoms with E-state index in [1.54, 1.807) is 0 Å². The Morgan fingerprint density at radius 1 is 1.35 bits per heavy atom. The summed E-state index contributed by atoms with van der Waals surface area (Å²) >= 11 is 2.22. The van der Waals surface area contributed by atoms with E-state index in [-0.39, 0.29) is 40.0 Å². The van der Waals surface area contributed by atoms with Crippen LogP contribution in [0.15, 0.2) is 34.0 Å². The number of ether oxygens (including phenoxy) is 3. The molecule has 3 heterocycles. The number of aromatic nitrogens is 1. The zero-order valence-corrected chi connectivity index (χ0v) is 21.5. The monoisotopic (exact) mass is 553 g/mol. The number of nitrogens with one attached hydrogen (secondary N) is 1. The van der Waals surface area contributed by atoms with Gasteiger partial charge in [0, 0.05) is 36.1 Å². The van der Waals surface area contributed by atoms with Gasteiger partial charge in [-0.3, -0.25) is 19.3 Å². The van der Waals surface area contributed by atoms with E-state index >= 15 is 0 Å². The number of carbonyl (C=O) groups is 5. The van der Waals surface area contributed by atoms with Crippen molar-refractivity contribution in [1.82, 2.24) is 15.2 Å². The number of hydrogen-bond donors (Lipinski definition) is 3. The van der Waals surface area contributed by atoms with Crippen LogP contribution in [0.5, 0.6) is 0 Å². The summed E-state index contributed by atoms with van der Waals surface area (Å²) in [6.45, 7) is 7.07. The van der Waals surface area contributed by atoms with E-state index in [2.05, 4.69) is 22.0 Å². The Morgan fingerprint density at radius 2 is 2.05 bits per heavy atom. The van der Waals surface area contributed by atoms with Gasteiger partial charge in [0.15, 0.2) is 10.8 Å². The summed E-state index contributed by atoms with van der Waals surface area (Å²) in [5.41, 5.74) is 5.34. The highest BCUT2D eigenvalue weighted by molar-refractivity contribution is 8.00. The highest BCUT2D eigenvalue weighted by Gasteiger charge is 2.55. The molecular weight excluding hydrogens is 530 g/mol. The number of anilines is 1. The summed E-state index contributed by atoms with van der Waals surface area (Å²) in [4.78, 5) is 66.8. The Hall–Kier alpha value is -3.92. The van der Waals surface area contributed by atoms with E-state index in [4.69, 9.17) is 19.9 Å². The Balaban J connectivity index is 1.81. The minimum atomic E-state index is -1.26. The number of amides is 2. The molecule has 4 N–H and O–H groups in total. The molecule has 14 nitrogen and oxygen atoms in total. The Morgan fingerprint density at radius 3 is 2.62 bits per heavy atom. The fourth-order valence-corrected chi connectivity index (χ4v) is 5.22. The number of thiazole rings is 1. The SMILES string of the molecule is C=C(C)C(=O)OCC1=C(C(=O)O[C@H](C)OC(C)=O)N2C(=O)[C@@H](NC(=O)/C(=N\O)c3csc(N)n3)[C@H]2SC1. The summed E-state index contributed by atoms with van der Waals surface area (Å²) in [5, 5.41) is 15.6. The van der Waals surface area contributed by atoms with E-state index in [1.807, 2.05) is 0 Å². The third kappa shape index (κ3) is 6.08. The van der Waals surface area contributed by atoms with Crippen molar-refractivity contribution in [2.45, 2.75) is 38.5 Å². The van der Waals surface area contributed by atoms with Crippen LogP contribution in [-0.4, -0.2) is 80.6 Å². The molecular formula is C21H23N5O9S2. The van der Waals surface area contributed by atoms with Gasteiger partial charge in [0.2, 0.25) is 6.29 Å². The number of hydrogen-bond acceptors (Lipinski definition) is 14. The number of carbonyl (C=O) groups excluding carboxylic acids is 5. The molecule has 1 aromatic heterocycles. The lowest BCUT2D eigenvalue weighted by molar-refractivity contribution is -0.182. The normalized spacial score (nSPS) is 19.8. The molecule has 0 radical (unpaired) electrons. The zero-order valence-electron chi connectivity index (χ0n) is 19.9. The number of rotatable bonds is 9. The van der Waals surface area contributed by atoms with Gasteiger partial charge in [-0.25, -0.2) is 14.6 Å². The molecule has 2 aliphatic heterocycles. The molecule has 0 unspecified atom stereocenters. The summed E-state index contributed by atoms with van der Waals surface area (Å²) in [6.07, 6.45) is -1.26. The van der Waals surface area contributed by atoms with Gasteiger partial charge in [0.1, 0.15) is 29.4 Å². The molecule has 3 atom stereocenters. The van der Waals surface area contributed by atoms with Crippen LogP contribution < -0.4 is 11.1 Å². The summed E-state index contributed by atoms with van der Waals surface area (Å²) in [5.74, 6) is -3.79. The van der Waals surface area contributed by atoms with E-state index in [9.17, 15) is 29.2 Å². The van der Waals surface area contributed by atoms with E-state index < -0.39 is 53.1 Å². The largest absolute Gasteiger partial charge is 0.458 e. The van der Waals surface area contributed by atoms with Gasteiger partial charge in [-0.1, -0.05) is 11.7 Å². The molecule has 2 aliphatic rings. The highest BCUT2D eigenvalue weighted by Crippen LogP contribution is 2.41. The second-order valence-electron chi connectivity index (χ2n) is 7.77. The van der Waals surface area contributed by atoms with Crippen LogP contribution in [0.25, 0.3) is 0 Å². The van der Waals surface area contributed by atoms with Crippen LogP contribution in [0, 0.1) is 0 Å². The van der Waals surface area contributed by atoms with Crippen molar-refractivity contribution < 1.29 is 43.4 Å². The van der Waals surface area contributed by atoms with Gasteiger partial charge in [-0.15, -0.1) is 23.1 Å². The van der Waals surface area contributed by atoms with Crippen molar-refractivity contribution in [3.05, 3.63) is 34.5 Å². The first-order valence-corrected chi connectivity index (χ1v) is 12.5. The summed E-state index contributed by atoms with van der Waals surface area (Å²) in [6, 6.07) is -1.08. The molecule has 198 valence electrons. The van der Waals surface area contributed by atoms with Crippen LogP contribution in [0.2, 0.25) is 0 Å². The Labute approximate surface area is 218 Å². The lowest BCUT2D eigenvalue weighted by atomic mass is 10.0. The maximum atomic E-state index is 13.1. The molecule has 16 heteroatoms. The lowest BCUT2D eigenvalue weighted by Gasteiger charge is -2.49. The molecule has 2 amide bonds. The number of nitrogen functional groups attached to an aromatic ring is 1. The van der Waals surface area contributed by atoms with Crippen LogP contribution in [-0.2, 0) is 38.2 Å². The second kappa shape index (κ2) is 11.4. The van der Waals surface area contributed by atoms with Gasteiger partial charge < -0.3 is 30.5 Å². The average Bonchev–Trinajstić information content (AvgIpc) is 3.25. The first-order valence-electron chi connectivity index (χ1n) is 10.6. The van der Waals surface area contributed by atoms with Crippen molar-refractivity contribution in [1.29, 1.82) is 0 Å². The number of esters is 3. The van der Waals surface area contributed by atoms with Crippen LogP contribution >= 0.6 is 23.1 Å². The number of fused-ring (bicyclic) bond motifs is 1. The molecule has 1 fully saturated rings. The van der Waals surface area contributed by atoms with Crippen molar-refractivity contribution in [3.8, 4) is 0 Å². The molecule has 0 bridgehead atoms. The number of nitrogens with two attached hydrogens (primary N) is 1. The topological polar surface area (TPSA) is 200 Å². The van der Waals surface area contributed by atoms with Crippen LogP contribution in [0.4, 0.5) is 5.13 Å². The van der Waals surface area contributed by atoms with Crippen LogP contribution in [0.3, 0.4) is 0 Å². The molecule has 0 aromatic carbocycles. The zero-order chi connectivity index (χ0) is 27.4. The molecule has 3 rings (SSSR count). The van der Waals surface area contributed by atoms with E-state index in [0.717, 1.165) is 23.2 Å². The predicted octanol–water partition coefficient (Wildman–Crippen LogP) is 0.129. The molecule has 0 saturated carbocycles. The molecule has 1 aromatic rings. The molecule has 37 heavy (non-hydrogen) atoms. The van der Waals surface area contributed by atoms with Crippen molar-refractivity contribution in [3.63, 3.8) is 0 Å². The first-order chi connectivity index (χ1) is 17.4. The number of nitrogens with zero attached hydrogens (tertiary/aromatic N) is 3. The van der Waals surface area contributed by atoms with Gasteiger partial charge in [0.05, 0.1) is 0 Å². The fourth-order valence-electron chi connectivity index (χ4n) is 3.34. The summed E-state index contributed by atoms with van der Waals surface area (Å²) in [7, 11) is 0. The van der Waals surface area contributed by atoms with Gasteiger partial charge >= 0.3 is 17.9 Å². The number of oxime groups is 1. The van der Waals surface area contributed by atoms with Crippen molar-refractivity contribution in [2.24, 2.45) is 5.16 Å². The maximum absolute atomic E-state index is 13.1. The van der Waals surface area contributed by atoms with E-state index in [1.165, 1.54) is 31.0 Å². The third-order valence-electron chi connectivity index (χ3n) is 4.94. The van der Waals surface area contributed by atoms with Gasteiger partial charge in [0.25, 0.3) is 11.8 Å². The second-order valence-corrected chi connectivity index (χ2v) is 9.77. The lowest BCUT2D eigenvalue weighted by Crippen LogP contribution is -2.71. The highest BCUT2D eigenvalue weighted by atomic mass is 32.2. The number of thioether (sulfide) groups is 1. The molecule has 0 aliphatic carbocycles. The Kier molecular flexibility index (Phi) is 8.54. The third-order valence-corrected chi connectivity index (χ3v) is 6.95. The van der Waals surface area contributed by atoms with Crippen molar-refractivity contribution >= 4 is 63.7 Å². The standard InChI is InChI=1S/C21H23N5O9S2/c1-8(2)19(30)33-5-11-6-36-18-14(24-16(28)13(25-32)12-7-37-21(22)23-12)17(29)26(18)15(11)20(31)35-10(4)34-9(3)27/h7,10,14,18,32H,1,5-6H2,2-4H3,(H2,22,23)(H,24,28)/b25-13-/t10-,14-,18-/m1/s1. The maximum Gasteiger partial charge on any atom is 0.358 e. The first kappa shape index (κ1) is 27.7. The average molecular weight is 554 g/mol. The Bertz CT molecular complexity index is 1220. The van der Waals surface area contributed by atoms with Crippen molar-refractivity contribution in [2.75, 3.05) is 18.1 Å².